The van der Waals surface area contributed by atoms with Crippen molar-refractivity contribution in [2.45, 2.75) is 0 Å². The van der Waals surface area contributed by atoms with Crippen LogP contribution in [0.15, 0.2) is 170 Å². The summed E-state index contributed by atoms with van der Waals surface area (Å²) in [4.78, 5) is 15.6. The van der Waals surface area contributed by atoms with E-state index in [-0.39, 0.29) is 0 Å². The Morgan fingerprint density at radius 2 is 1.10 bits per heavy atom. The molecule has 0 radical (unpaired) electrons. The first-order chi connectivity index (χ1) is 24.8. The van der Waals surface area contributed by atoms with Gasteiger partial charge in [0.05, 0.1) is 32.5 Å². The molecular weight excluding hydrogens is 629 g/mol. The number of nitrogens with zero attached hydrogens (tertiary/aromatic N) is 4. The Morgan fingerprint density at radius 3 is 1.88 bits per heavy atom. The zero-order chi connectivity index (χ0) is 33.0. The van der Waals surface area contributed by atoms with Crippen molar-refractivity contribution in [1.82, 2.24) is 19.5 Å². The number of thiazole rings is 1. The second-order valence-electron chi connectivity index (χ2n) is 12.5. The van der Waals surface area contributed by atoms with Gasteiger partial charge in [-0.15, -0.1) is 11.3 Å². The molecule has 0 bridgehead atoms. The van der Waals surface area contributed by atoms with Crippen molar-refractivity contribution < 1.29 is 0 Å². The van der Waals surface area contributed by atoms with Crippen LogP contribution in [0.4, 0.5) is 0 Å². The van der Waals surface area contributed by atoms with E-state index >= 15 is 0 Å². The van der Waals surface area contributed by atoms with Crippen molar-refractivity contribution in [2.24, 2.45) is 0 Å². The van der Waals surface area contributed by atoms with Crippen LogP contribution in [-0.2, 0) is 0 Å². The number of rotatable bonds is 5. The minimum atomic E-state index is 0.905. The first kappa shape index (κ1) is 28.6. The van der Waals surface area contributed by atoms with Crippen molar-refractivity contribution in [3.8, 4) is 50.0 Å². The zero-order valence-corrected chi connectivity index (χ0v) is 27.7. The van der Waals surface area contributed by atoms with Crippen LogP contribution in [0.2, 0.25) is 0 Å². The highest BCUT2D eigenvalue weighted by Crippen LogP contribution is 2.40. The number of aromatic nitrogens is 4. The van der Waals surface area contributed by atoms with Crippen LogP contribution >= 0.6 is 11.3 Å². The monoisotopic (exact) mass is 656 g/mol. The van der Waals surface area contributed by atoms with E-state index < -0.39 is 0 Å². The molecule has 0 atom stereocenters. The molecule has 0 amide bonds. The van der Waals surface area contributed by atoms with Gasteiger partial charge in [-0.1, -0.05) is 133 Å². The Balaban J connectivity index is 1.16. The molecule has 234 valence electrons. The summed E-state index contributed by atoms with van der Waals surface area (Å²) in [5.74, 6) is 0.905. The first-order valence-electron chi connectivity index (χ1n) is 16.7. The predicted octanol–water partition coefficient (Wildman–Crippen LogP) is 12.0. The number of fused-ring (bicyclic) bond motifs is 6. The Morgan fingerprint density at radius 1 is 0.440 bits per heavy atom. The molecule has 0 unspecified atom stereocenters. The average molecular weight is 657 g/mol. The molecular formula is C45H28N4S. The third-order valence-corrected chi connectivity index (χ3v) is 10.5. The van der Waals surface area contributed by atoms with Crippen molar-refractivity contribution in [2.75, 3.05) is 0 Å². The Labute approximate surface area is 292 Å². The minimum Gasteiger partial charge on any atom is -0.292 e. The van der Waals surface area contributed by atoms with Crippen molar-refractivity contribution in [1.29, 1.82) is 0 Å². The Kier molecular flexibility index (Phi) is 6.64. The van der Waals surface area contributed by atoms with Crippen molar-refractivity contribution >= 4 is 54.3 Å². The number of imidazole rings is 1. The smallest absolute Gasteiger partial charge is 0.145 e. The molecule has 50 heavy (non-hydrogen) atoms. The molecule has 0 saturated carbocycles. The van der Waals surface area contributed by atoms with Gasteiger partial charge < -0.3 is 0 Å². The second kappa shape index (κ2) is 11.6. The van der Waals surface area contributed by atoms with Crippen LogP contribution < -0.4 is 0 Å². The molecule has 7 aromatic carbocycles. The van der Waals surface area contributed by atoms with E-state index in [0.717, 1.165) is 82.7 Å². The van der Waals surface area contributed by atoms with Gasteiger partial charge >= 0.3 is 0 Å². The maximum absolute atomic E-state index is 5.42. The van der Waals surface area contributed by atoms with E-state index in [0.29, 0.717) is 0 Å². The van der Waals surface area contributed by atoms with Gasteiger partial charge in [0.15, 0.2) is 0 Å². The third-order valence-electron chi connectivity index (χ3n) is 9.44. The SMILES string of the molecule is c1ccc(-c2nc3ccc(-c4ccc(-c5nc6ccccc6c6ccc7c(nc(-c8ccccc8)n7-c7ccccc7)c56)cc4)cc3s2)cc1. The summed E-state index contributed by atoms with van der Waals surface area (Å²) in [6.07, 6.45) is 0. The summed E-state index contributed by atoms with van der Waals surface area (Å²) < 4.78 is 3.45. The summed E-state index contributed by atoms with van der Waals surface area (Å²) in [5.41, 5.74) is 11.6. The van der Waals surface area contributed by atoms with Gasteiger partial charge in [-0.05, 0) is 52.9 Å². The molecule has 0 N–H and O–H groups in total. The lowest BCUT2D eigenvalue weighted by molar-refractivity contribution is 1.10. The highest BCUT2D eigenvalue weighted by atomic mass is 32.1. The fourth-order valence-electron chi connectivity index (χ4n) is 7.04. The van der Waals surface area contributed by atoms with Gasteiger partial charge in [0.2, 0.25) is 0 Å². The number of hydrogen-bond acceptors (Lipinski definition) is 4. The molecule has 0 aliphatic carbocycles. The fraction of sp³-hybridized carbons (Fsp3) is 0. The topological polar surface area (TPSA) is 43.6 Å². The molecule has 0 aliphatic heterocycles. The number of benzene rings is 7. The number of para-hydroxylation sites is 2. The zero-order valence-electron chi connectivity index (χ0n) is 26.9. The molecule has 10 aromatic rings. The quantitative estimate of drug-likeness (QED) is 0.173. The predicted molar refractivity (Wildman–Crippen MR) is 209 cm³/mol. The van der Waals surface area contributed by atoms with Crippen LogP contribution in [0.3, 0.4) is 0 Å². The van der Waals surface area contributed by atoms with Crippen molar-refractivity contribution in [3.63, 3.8) is 0 Å². The van der Waals surface area contributed by atoms with Gasteiger partial charge in [-0.2, -0.15) is 0 Å². The second-order valence-corrected chi connectivity index (χ2v) is 13.5. The molecule has 0 fully saturated rings. The third kappa shape index (κ3) is 4.71. The molecule has 0 saturated heterocycles. The Bertz CT molecular complexity index is 2840. The lowest BCUT2D eigenvalue weighted by Crippen LogP contribution is -1.97. The van der Waals surface area contributed by atoms with Crippen LogP contribution in [-0.4, -0.2) is 19.5 Å². The fourth-order valence-corrected chi connectivity index (χ4v) is 8.05. The van der Waals surface area contributed by atoms with Crippen LogP contribution in [0.25, 0.3) is 93.0 Å². The first-order valence-corrected chi connectivity index (χ1v) is 17.5. The average Bonchev–Trinajstić information content (AvgIpc) is 3.81. The molecule has 3 aromatic heterocycles. The molecule has 0 spiro atoms. The van der Waals surface area contributed by atoms with Gasteiger partial charge in [0, 0.05) is 33.2 Å². The Hall–Kier alpha value is -6.43. The van der Waals surface area contributed by atoms with E-state index in [1.807, 2.05) is 12.1 Å². The molecule has 10 rings (SSSR count). The van der Waals surface area contributed by atoms with E-state index in [9.17, 15) is 0 Å². The van der Waals surface area contributed by atoms with Gasteiger partial charge in [-0.3, -0.25) is 4.57 Å². The number of hydrogen-bond donors (Lipinski definition) is 0. The van der Waals surface area contributed by atoms with Crippen LogP contribution in [0.5, 0.6) is 0 Å². The minimum absolute atomic E-state index is 0.905. The summed E-state index contributed by atoms with van der Waals surface area (Å²) in [5, 5.41) is 4.36. The van der Waals surface area contributed by atoms with Gasteiger partial charge in [0.25, 0.3) is 0 Å². The molecule has 3 heterocycles. The van der Waals surface area contributed by atoms with Crippen LogP contribution in [0.1, 0.15) is 0 Å². The van der Waals surface area contributed by atoms with Gasteiger partial charge in [0.1, 0.15) is 10.8 Å². The van der Waals surface area contributed by atoms with Gasteiger partial charge in [-0.25, -0.2) is 15.0 Å². The maximum Gasteiger partial charge on any atom is 0.145 e. The maximum atomic E-state index is 5.42. The van der Waals surface area contributed by atoms with E-state index in [4.69, 9.17) is 15.0 Å². The van der Waals surface area contributed by atoms with Crippen LogP contribution in [0, 0.1) is 0 Å². The highest BCUT2D eigenvalue weighted by molar-refractivity contribution is 7.21. The number of pyridine rings is 1. The lowest BCUT2D eigenvalue weighted by atomic mass is 9.97. The van der Waals surface area contributed by atoms with E-state index in [1.165, 1.54) is 10.3 Å². The van der Waals surface area contributed by atoms with Crippen molar-refractivity contribution in [3.05, 3.63) is 170 Å². The molecule has 5 heteroatoms. The normalized spacial score (nSPS) is 11.6. The highest BCUT2D eigenvalue weighted by Gasteiger charge is 2.21. The van der Waals surface area contributed by atoms with E-state index in [1.54, 1.807) is 11.3 Å². The lowest BCUT2D eigenvalue weighted by Gasteiger charge is -2.12. The van der Waals surface area contributed by atoms with E-state index in [2.05, 4.69) is 162 Å². The summed E-state index contributed by atoms with van der Waals surface area (Å²) in [7, 11) is 0. The largest absolute Gasteiger partial charge is 0.292 e. The molecule has 0 aliphatic rings. The summed E-state index contributed by atoms with van der Waals surface area (Å²) in [6.45, 7) is 0. The summed E-state index contributed by atoms with van der Waals surface area (Å²) in [6, 6.07) is 59.5. The summed E-state index contributed by atoms with van der Waals surface area (Å²) >= 11 is 1.73. The standard InChI is InChI=1S/C45H28N4S/c1-4-12-31(13-5-1)44-48-43-39(49(44)34-16-8-3-9-17-34)27-25-36-35-18-10-11-19-37(35)46-42(41(36)43)30-22-20-29(21-23-30)33-24-26-38-40(28-33)50-45(47-38)32-14-6-2-7-15-32/h1-28H. The molecule has 4 nitrogen and oxygen atoms in total.